The molecule has 0 fully saturated rings. The van der Waals surface area contributed by atoms with Gasteiger partial charge in [0.25, 0.3) is 0 Å². The highest BCUT2D eigenvalue weighted by Gasteiger charge is 2.24. The number of rotatable bonds is 6. The average molecular weight is 321 g/mol. The first-order valence-corrected chi connectivity index (χ1v) is 8.41. The number of hydrogen-bond donors (Lipinski definition) is 0. The van der Waals surface area contributed by atoms with E-state index < -0.39 is 0 Å². The average Bonchev–Trinajstić information content (AvgIpc) is 2.92. The second-order valence-electron chi connectivity index (χ2n) is 6.02. The normalized spacial score (nSPS) is 12.5. The molecule has 24 heavy (non-hydrogen) atoms. The molecular weight excluding hydrogens is 298 g/mol. The maximum atomic E-state index is 13.1. The summed E-state index contributed by atoms with van der Waals surface area (Å²) in [6.45, 7) is 4.15. The zero-order chi connectivity index (χ0) is 17.1. The van der Waals surface area contributed by atoms with Crippen LogP contribution in [0, 0.1) is 6.92 Å². The number of benzene rings is 2. The molecule has 1 unspecified atom stereocenters. The van der Waals surface area contributed by atoms with Gasteiger partial charge in [-0.3, -0.25) is 4.79 Å². The molecule has 3 rings (SSSR count). The van der Waals surface area contributed by atoms with E-state index in [9.17, 15) is 4.79 Å². The van der Waals surface area contributed by atoms with Crippen molar-refractivity contribution in [2.24, 2.45) is 0 Å². The van der Waals surface area contributed by atoms with Gasteiger partial charge in [0.2, 0.25) is 0 Å². The maximum Gasteiger partial charge on any atom is 0.195 e. The molecule has 1 heterocycles. The van der Waals surface area contributed by atoms with Crippen LogP contribution in [-0.2, 0) is 4.74 Å². The van der Waals surface area contributed by atoms with Gasteiger partial charge in [0.1, 0.15) is 6.23 Å². The molecule has 124 valence electrons. The molecule has 3 heteroatoms. The number of fused-ring (bicyclic) bond motifs is 1. The molecule has 1 atom stereocenters. The van der Waals surface area contributed by atoms with E-state index in [0.717, 1.165) is 35.0 Å². The molecule has 0 spiro atoms. The van der Waals surface area contributed by atoms with E-state index in [1.54, 1.807) is 7.11 Å². The van der Waals surface area contributed by atoms with Crippen LogP contribution >= 0.6 is 0 Å². The third-order valence-electron chi connectivity index (χ3n) is 4.51. The summed E-state index contributed by atoms with van der Waals surface area (Å²) < 4.78 is 7.88. The SMILES string of the molecule is CCCC(OC)n1c(C)c(C(=O)c2ccccc2)c2ccccc21. The van der Waals surface area contributed by atoms with Crippen molar-refractivity contribution in [1.82, 2.24) is 4.57 Å². The van der Waals surface area contributed by atoms with Gasteiger partial charge in [0.05, 0.1) is 11.1 Å². The number of ether oxygens (including phenoxy) is 1. The van der Waals surface area contributed by atoms with Gasteiger partial charge in [0.15, 0.2) is 5.78 Å². The van der Waals surface area contributed by atoms with Gasteiger partial charge in [0, 0.05) is 23.8 Å². The lowest BCUT2D eigenvalue weighted by molar-refractivity contribution is 0.0385. The van der Waals surface area contributed by atoms with Crippen LogP contribution in [0.15, 0.2) is 54.6 Å². The first-order chi connectivity index (χ1) is 11.7. The summed E-state index contributed by atoms with van der Waals surface area (Å²) in [4.78, 5) is 13.1. The Morgan fingerprint density at radius 2 is 1.75 bits per heavy atom. The van der Waals surface area contributed by atoms with Crippen molar-refractivity contribution in [3.05, 3.63) is 71.4 Å². The number of aromatic nitrogens is 1. The Morgan fingerprint density at radius 3 is 2.42 bits per heavy atom. The summed E-state index contributed by atoms with van der Waals surface area (Å²) in [5.74, 6) is 0.0643. The zero-order valence-corrected chi connectivity index (χ0v) is 14.5. The van der Waals surface area contributed by atoms with Gasteiger partial charge in [-0.15, -0.1) is 0 Å². The van der Waals surface area contributed by atoms with E-state index in [1.165, 1.54) is 0 Å². The van der Waals surface area contributed by atoms with Crippen molar-refractivity contribution in [2.45, 2.75) is 32.9 Å². The largest absolute Gasteiger partial charge is 0.361 e. The van der Waals surface area contributed by atoms with Crippen molar-refractivity contribution in [3.63, 3.8) is 0 Å². The fourth-order valence-electron chi connectivity index (χ4n) is 3.38. The first-order valence-electron chi connectivity index (χ1n) is 8.41. The van der Waals surface area contributed by atoms with Crippen LogP contribution < -0.4 is 0 Å². The molecular formula is C21H23NO2. The van der Waals surface area contributed by atoms with Gasteiger partial charge >= 0.3 is 0 Å². The van der Waals surface area contributed by atoms with Crippen LogP contribution in [0.1, 0.15) is 47.6 Å². The first kappa shape index (κ1) is 16.5. The Balaban J connectivity index is 2.22. The molecule has 0 aliphatic heterocycles. The van der Waals surface area contributed by atoms with Gasteiger partial charge < -0.3 is 9.30 Å². The minimum Gasteiger partial charge on any atom is -0.361 e. The predicted octanol–water partition coefficient (Wildman–Crippen LogP) is 5.13. The topological polar surface area (TPSA) is 31.2 Å². The molecule has 0 amide bonds. The fraction of sp³-hybridized carbons (Fsp3) is 0.286. The number of ketones is 1. The Kier molecular flexibility index (Phi) is 4.81. The van der Waals surface area contributed by atoms with E-state index in [1.807, 2.05) is 55.5 Å². The predicted molar refractivity (Wildman–Crippen MR) is 97.5 cm³/mol. The highest BCUT2D eigenvalue weighted by molar-refractivity contribution is 6.17. The van der Waals surface area contributed by atoms with E-state index >= 15 is 0 Å². The van der Waals surface area contributed by atoms with Gasteiger partial charge in [-0.2, -0.15) is 0 Å². The summed E-state index contributed by atoms with van der Waals surface area (Å²) in [5.41, 5.74) is 3.50. The molecule has 1 aromatic heterocycles. The molecule has 0 radical (unpaired) electrons. The van der Waals surface area contributed by atoms with Crippen molar-refractivity contribution in [2.75, 3.05) is 7.11 Å². The quantitative estimate of drug-likeness (QED) is 0.590. The summed E-state index contributed by atoms with van der Waals surface area (Å²) in [7, 11) is 1.73. The van der Waals surface area contributed by atoms with E-state index in [4.69, 9.17) is 4.74 Å². The molecule has 0 N–H and O–H groups in total. The van der Waals surface area contributed by atoms with Crippen LogP contribution in [0.2, 0.25) is 0 Å². The lowest BCUT2D eigenvalue weighted by atomic mass is 10.0. The summed E-state index contributed by atoms with van der Waals surface area (Å²) in [6.07, 6.45) is 1.87. The second-order valence-corrected chi connectivity index (χ2v) is 6.02. The number of para-hydroxylation sites is 1. The molecule has 0 aliphatic rings. The zero-order valence-electron chi connectivity index (χ0n) is 14.5. The number of hydrogen-bond acceptors (Lipinski definition) is 2. The Morgan fingerprint density at radius 1 is 1.08 bits per heavy atom. The number of carbonyl (C=O) groups is 1. The smallest absolute Gasteiger partial charge is 0.195 e. The van der Waals surface area contributed by atoms with Crippen LogP contribution in [-0.4, -0.2) is 17.5 Å². The second kappa shape index (κ2) is 7.02. The highest BCUT2D eigenvalue weighted by atomic mass is 16.5. The summed E-state index contributed by atoms with van der Waals surface area (Å²) in [6, 6.07) is 17.5. The van der Waals surface area contributed by atoms with E-state index in [-0.39, 0.29) is 12.0 Å². The van der Waals surface area contributed by atoms with E-state index in [2.05, 4.69) is 17.6 Å². The van der Waals surface area contributed by atoms with Crippen molar-refractivity contribution in [1.29, 1.82) is 0 Å². The van der Waals surface area contributed by atoms with Crippen molar-refractivity contribution in [3.8, 4) is 0 Å². The van der Waals surface area contributed by atoms with Crippen LogP contribution in [0.3, 0.4) is 0 Å². The van der Waals surface area contributed by atoms with Gasteiger partial charge in [-0.05, 0) is 19.4 Å². The fourth-order valence-corrected chi connectivity index (χ4v) is 3.38. The molecule has 2 aromatic carbocycles. The molecule has 3 aromatic rings. The number of nitrogens with zero attached hydrogens (tertiary/aromatic N) is 1. The molecule has 0 bridgehead atoms. The van der Waals surface area contributed by atoms with Crippen LogP contribution in [0.25, 0.3) is 10.9 Å². The number of methoxy groups -OCH3 is 1. The lowest BCUT2D eigenvalue weighted by Gasteiger charge is -2.20. The molecule has 3 nitrogen and oxygen atoms in total. The third-order valence-corrected chi connectivity index (χ3v) is 4.51. The maximum absolute atomic E-state index is 13.1. The van der Waals surface area contributed by atoms with Crippen molar-refractivity contribution >= 4 is 16.7 Å². The Hall–Kier alpha value is -2.39. The third kappa shape index (κ3) is 2.76. The Bertz CT molecular complexity index is 849. The standard InChI is InChI=1S/C21H23NO2/c1-4-10-19(24-3)22-15(2)20(17-13-8-9-14-18(17)22)21(23)16-11-6-5-7-12-16/h5-9,11-14,19H,4,10H2,1-3H3. The monoisotopic (exact) mass is 321 g/mol. The van der Waals surface area contributed by atoms with Gasteiger partial charge in [-0.1, -0.05) is 61.9 Å². The lowest BCUT2D eigenvalue weighted by Crippen LogP contribution is -2.13. The van der Waals surface area contributed by atoms with Crippen LogP contribution in [0.4, 0.5) is 0 Å². The highest BCUT2D eigenvalue weighted by Crippen LogP contribution is 2.32. The Labute approximate surface area is 142 Å². The number of carbonyl (C=O) groups excluding carboxylic acids is 1. The molecule has 0 saturated heterocycles. The van der Waals surface area contributed by atoms with E-state index in [0.29, 0.717) is 5.56 Å². The molecule has 0 saturated carbocycles. The summed E-state index contributed by atoms with van der Waals surface area (Å²) >= 11 is 0. The van der Waals surface area contributed by atoms with Crippen molar-refractivity contribution < 1.29 is 9.53 Å². The van der Waals surface area contributed by atoms with Crippen LogP contribution in [0.5, 0.6) is 0 Å². The summed E-state index contributed by atoms with van der Waals surface area (Å²) in [5, 5.41) is 0.988. The minimum absolute atomic E-state index is 0.0581. The molecule has 0 aliphatic carbocycles. The minimum atomic E-state index is -0.0581. The van der Waals surface area contributed by atoms with Gasteiger partial charge in [-0.25, -0.2) is 0 Å².